The van der Waals surface area contributed by atoms with Crippen LogP contribution in [0, 0.1) is 35.5 Å². The molecule has 2 heteroatoms. The van der Waals surface area contributed by atoms with Crippen LogP contribution in [0.1, 0.15) is 80.0 Å². The topological polar surface area (TPSA) is 16.4 Å². The summed E-state index contributed by atoms with van der Waals surface area (Å²) in [7, 11) is 0. The maximum atomic E-state index is 6.56. The Balaban J connectivity index is 1.02. The number of nitrogens with zero attached hydrogens (tertiary/aromatic N) is 1. The lowest BCUT2D eigenvalue weighted by molar-refractivity contribution is -0.0399. The van der Waals surface area contributed by atoms with Gasteiger partial charge in [0.1, 0.15) is 11.2 Å². The third-order valence-corrected chi connectivity index (χ3v) is 16.7. The molecule has 6 fully saturated rings. The summed E-state index contributed by atoms with van der Waals surface area (Å²) in [6.07, 6.45) is 12.5. The number of hydrogen-bond acceptors (Lipinski definition) is 2. The van der Waals surface area contributed by atoms with Crippen molar-refractivity contribution in [3.05, 3.63) is 150 Å². The van der Waals surface area contributed by atoms with E-state index in [1.165, 1.54) is 108 Å². The minimum atomic E-state index is 0.119. The molecule has 3 unspecified atom stereocenters. The zero-order valence-corrected chi connectivity index (χ0v) is 31.3. The van der Waals surface area contributed by atoms with Crippen LogP contribution in [-0.4, -0.2) is 0 Å². The van der Waals surface area contributed by atoms with E-state index in [0.717, 1.165) is 46.7 Å². The van der Waals surface area contributed by atoms with E-state index in [2.05, 4.69) is 132 Å². The van der Waals surface area contributed by atoms with Gasteiger partial charge in [-0.3, -0.25) is 0 Å². The highest BCUT2D eigenvalue weighted by atomic mass is 16.3. The first-order valence-electron chi connectivity index (χ1n) is 21.4. The van der Waals surface area contributed by atoms with Crippen molar-refractivity contribution in [1.82, 2.24) is 0 Å². The Hall–Kier alpha value is -5.08. The first-order valence-corrected chi connectivity index (χ1v) is 21.4. The SMILES string of the molecule is c1ccc2c(c1)-c1ccc(N(c3ccc4c(c3)-c3ccccc3C43C4CC5CC(C4)CC3C5)c3cccc4oc5ccccc5c34)cc1C21CC2CCC1C2. The van der Waals surface area contributed by atoms with Crippen molar-refractivity contribution >= 4 is 39.0 Å². The Morgan fingerprint density at radius 1 is 0.473 bits per heavy atom. The van der Waals surface area contributed by atoms with Gasteiger partial charge < -0.3 is 9.32 Å². The first kappa shape index (κ1) is 30.2. The fourth-order valence-corrected chi connectivity index (χ4v) is 15.2. The summed E-state index contributed by atoms with van der Waals surface area (Å²) in [5.41, 5.74) is 18.1. The molecular formula is C53H45NO. The maximum absolute atomic E-state index is 6.56. The molecule has 6 saturated carbocycles. The van der Waals surface area contributed by atoms with E-state index in [-0.39, 0.29) is 10.8 Å². The third kappa shape index (κ3) is 3.64. The van der Waals surface area contributed by atoms with Crippen molar-refractivity contribution in [3.8, 4) is 22.3 Å². The zero-order chi connectivity index (χ0) is 35.6. The first-order chi connectivity index (χ1) is 27.2. The number of anilines is 3. The fraction of sp³-hybridized carbons (Fsp3) is 0.321. The summed E-state index contributed by atoms with van der Waals surface area (Å²) in [4.78, 5) is 2.60. The minimum absolute atomic E-state index is 0.119. The Kier molecular flexibility index (Phi) is 5.71. The van der Waals surface area contributed by atoms with Crippen molar-refractivity contribution < 1.29 is 4.42 Å². The molecule has 8 aliphatic rings. The second kappa shape index (κ2) is 10.4. The summed E-state index contributed by atoms with van der Waals surface area (Å²) in [6.45, 7) is 0. The van der Waals surface area contributed by atoms with Crippen molar-refractivity contribution in [1.29, 1.82) is 0 Å². The predicted molar refractivity (Wildman–Crippen MR) is 223 cm³/mol. The molecule has 7 aromatic rings. The summed E-state index contributed by atoms with van der Waals surface area (Å²) >= 11 is 0. The zero-order valence-electron chi connectivity index (χ0n) is 31.3. The summed E-state index contributed by atoms with van der Waals surface area (Å²) in [5, 5.41) is 2.37. The number of fused-ring (bicyclic) bond motifs is 14. The number of rotatable bonds is 3. The van der Waals surface area contributed by atoms with E-state index in [9.17, 15) is 0 Å². The van der Waals surface area contributed by atoms with Gasteiger partial charge in [-0.05, 0) is 174 Å². The number of furan rings is 1. The highest BCUT2D eigenvalue weighted by Gasteiger charge is 2.62. The van der Waals surface area contributed by atoms with Crippen molar-refractivity contribution in [3.63, 3.8) is 0 Å². The molecule has 6 aromatic carbocycles. The van der Waals surface area contributed by atoms with Gasteiger partial charge in [0.2, 0.25) is 0 Å². The number of benzene rings is 6. The molecule has 1 aromatic heterocycles. The van der Waals surface area contributed by atoms with Crippen molar-refractivity contribution in [2.45, 2.75) is 68.6 Å². The van der Waals surface area contributed by atoms with Crippen molar-refractivity contribution in [2.24, 2.45) is 35.5 Å². The Bertz CT molecular complexity index is 2760. The highest BCUT2D eigenvalue weighted by molar-refractivity contribution is 6.13. The molecule has 1 heterocycles. The molecule has 0 radical (unpaired) electrons. The van der Waals surface area contributed by atoms with Crippen LogP contribution in [0.4, 0.5) is 17.1 Å². The molecule has 0 N–H and O–H groups in total. The van der Waals surface area contributed by atoms with E-state index < -0.39 is 0 Å². The van der Waals surface area contributed by atoms with E-state index in [4.69, 9.17) is 4.42 Å². The molecule has 6 bridgehead atoms. The largest absolute Gasteiger partial charge is 0.456 e. The average molecular weight is 712 g/mol. The van der Waals surface area contributed by atoms with Gasteiger partial charge in [-0.1, -0.05) is 91.3 Å². The quantitative estimate of drug-likeness (QED) is 0.181. The van der Waals surface area contributed by atoms with Crippen LogP contribution in [0.2, 0.25) is 0 Å². The molecule has 2 spiro atoms. The lowest BCUT2D eigenvalue weighted by Gasteiger charge is -2.61. The standard InChI is InChI=1S/C53H45NO/c1-4-11-44-39(8-1)41-20-18-38(29-47(41)52(44)30-31-16-17-34(52)23-31)54(48-13-7-15-50-51(48)42-10-3-6-14-49(42)55-50)37-19-21-46-43(28-37)40-9-2-5-12-45(40)53(46)35-24-32-22-33(26-35)27-36(53)25-32/h1-15,18-21,28-29,31-36H,16-17,22-27,30H2. The van der Waals surface area contributed by atoms with Crippen LogP contribution in [0.15, 0.2) is 132 Å². The molecule has 0 amide bonds. The smallest absolute Gasteiger partial charge is 0.137 e. The van der Waals surface area contributed by atoms with Crippen LogP contribution < -0.4 is 4.90 Å². The van der Waals surface area contributed by atoms with E-state index in [0.29, 0.717) is 0 Å². The molecule has 0 saturated heterocycles. The summed E-state index contributed by atoms with van der Waals surface area (Å²) in [5.74, 6) is 4.95. The summed E-state index contributed by atoms with van der Waals surface area (Å²) in [6, 6.07) is 49.4. The van der Waals surface area contributed by atoms with Gasteiger partial charge in [0.25, 0.3) is 0 Å². The maximum Gasteiger partial charge on any atom is 0.137 e. The molecule has 15 rings (SSSR count). The average Bonchev–Trinajstić information content (AvgIpc) is 4.04. The van der Waals surface area contributed by atoms with E-state index in [1.807, 2.05) is 0 Å². The van der Waals surface area contributed by atoms with Crippen LogP contribution >= 0.6 is 0 Å². The molecule has 268 valence electrons. The minimum Gasteiger partial charge on any atom is -0.456 e. The van der Waals surface area contributed by atoms with Gasteiger partial charge in [-0.15, -0.1) is 0 Å². The second-order valence-electron chi connectivity index (χ2n) is 18.9. The van der Waals surface area contributed by atoms with E-state index >= 15 is 0 Å². The second-order valence-corrected chi connectivity index (χ2v) is 18.9. The van der Waals surface area contributed by atoms with E-state index in [1.54, 1.807) is 22.3 Å². The van der Waals surface area contributed by atoms with Crippen LogP contribution in [0.5, 0.6) is 0 Å². The van der Waals surface area contributed by atoms with Gasteiger partial charge in [0, 0.05) is 27.6 Å². The Labute approximate surface area is 323 Å². The molecular weight excluding hydrogens is 667 g/mol. The Morgan fingerprint density at radius 2 is 1.13 bits per heavy atom. The summed E-state index contributed by atoms with van der Waals surface area (Å²) < 4.78 is 6.56. The number of hydrogen-bond donors (Lipinski definition) is 0. The fourth-order valence-electron chi connectivity index (χ4n) is 15.2. The van der Waals surface area contributed by atoms with Gasteiger partial charge in [-0.2, -0.15) is 0 Å². The van der Waals surface area contributed by atoms with Crippen molar-refractivity contribution in [2.75, 3.05) is 4.90 Å². The van der Waals surface area contributed by atoms with Crippen LogP contribution in [0.3, 0.4) is 0 Å². The third-order valence-electron chi connectivity index (χ3n) is 16.7. The number of para-hydroxylation sites is 1. The predicted octanol–water partition coefficient (Wildman–Crippen LogP) is 13.9. The van der Waals surface area contributed by atoms with Crippen LogP contribution in [-0.2, 0) is 10.8 Å². The van der Waals surface area contributed by atoms with Crippen LogP contribution in [0.25, 0.3) is 44.2 Å². The molecule has 8 aliphatic carbocycles. The van der Waals surface area contributed by atoms with Gasteiger partial charge in [0.05, 0.1) is 11.1 Å². The van der Waals surface area contributed by atoms with Gasteiger partial charge >= 0.3 is 0 Å². The Morgan fingerprint density at radius 3 is 1.93 bits per heavy atom. The molecule has 55 heavy (non-hydrogen) atoms. The lowest BCUT2D eigenvalue weighted by Crippen LogP contribution is -2.55. The monoisotopic (exact) mass is 711 g/mol. The molecule has 3 atom stereocenters. The molecule has 0 aliphatic heterocycles. The lowest BCUT2D eigenvalue weighted by atomic mass is 9.43. The normalized spacial score (nSPS) is 31.1. The van der Waals surface area contributed by atoms with Gasteiger partial charge in [-0.25, -0.2) is 0 Å². The highest BCUT2D eigenvalue weighted by Crippen LogP contribution is 2.70. The molecule has 2 nitrogen and oxygen atoms in total. The van der Waals surface area contributed by atoms with Gasteiger partial charge in [0.15, 0.2) is 0 Å².